The van der Waals surface area contributed by atoms with Gasteiger partial charge in [-0.3, -0.25) is 14.0 Å². The Labute approximate surface area is 127 Å². The summed E-state index contributed by atoms with van der Waals surface area (Å²) >= 11 is 0. The van der Waals surface area contributed by atoms with Gasteiger partial charge in [-0.25, -0.2) is 9.97 Å². The second kappa shape index (κ2) is 5.80. The van der Waals surface area contributed by atoms with Gasteiger partial charge in [0, 0.05) is 37.9 Å². The van der Waals surface area contributed by atoms with Crippen LogP contribution in [0.2, 0.25) is 0 Å². The largest absolute Gasteiger partial charge is 0.348 e. The second-order valence-corrected chi connectivity index (χ2v) is 4.94. The van der Waals surface area contributed by atoms with E-state index in [-0.39, 0.29) is 5.91 Å². The third kappa shape index (κ3) is 2.73. The highest BCUT2D eigenvalue weighted by Gasteiger charge is 2.12. The number of amides is 1. The van der Waals surface area contributed by atoms with E-state index in [1.165, 1.54) is 0 Å². The van der Waals surface area contributed by atoms with E-state index >= 15 is 0 Å². The number of imidazole rings is 1. The summed E-state index contributed by atoms with van der Waals surface area (Å²) in [6, 6.07) is 3.82. The summed E-state index contributed by atoms with van der Waals surface area (Å²) in [5, 5.41) is 6.94. The smallest absolute Gasteiger partial charge is 0.255 e. The zero-order valence-corrected chi connectivity index (χ0v) is 12.4. The average molecular weight is 296 g/mol. The molecule has 0 saturated heterocycles. The Hall–Kier alpha value is -2.96. The van der Waals surface area contributed by atoms with Crippen LogP contribution in [0.4, 0.5) is 0 Å². The molecule has 3 aromatic heterocycles. The van der Waals surface area contributed by atoms with Crippen LogP contribution >= 0.6 is 0 Å². The molecule has 3 aromatic rings. The maximum Gasteiger partial charge on any atom is 0.255 e. The van der Waals surface area contributed by atoms with E-state index in [1.807, 2.05) is 36.9 Å². The quantitative estimate of drug-likeness (QED) is 0.785. The molecule has 7 nitrogen and oxygen atoms in total. The fourth-order valence-electron chi connectivity index (χ4n) is 2.07. The lowest BCUT2D eigenvalue weighted by Gasteiger charge is -2.06. The van der Waals surface area contributed by atoms with Gasteiger partial charge in [-0.05, 0) is 18.6 Å². The molecule has 0 spiro atoms. The standard InChI is InChI=1S/C15H16N6O/c1-11-13(9-19-20(11)2)15(22)18-8-12-3-4-14(17-7-12)21-6-5-16-10-21/h3-7,9-10H,8H2,1-2H3,(H,18,22). The van der Waals surface area contributed by atoms with Crippen molar-refractivity contribution < 1.29 is 4.79 Å². The third-order valence-corrected chi connectivity index (χ3v) is 3.51. The summed E-state index contributed by atoms with van der Waals surface area (Å²) in [4.78, 5) is 20.4. The molecule has 22 heavy (non-hydrogen) atoms. The average Bonchev–Trinajstić information content (AvgIpc) is 3.17. The van der Waals surface area contributed by atoms with Gasteiger partial charge in [0.2, 0.25) is 0 Å². The molecule has 3 rings (SSSR count). The monoisotopic (exact) mass is 296 g/mol. The summed E-state index contributed by atoms with van der Waals surface area (Å²) < 4.78 is 3.50. The van der Waals surface area contributed by atoms with E-state index in [0.29, 0.717) is 12.1 Å². The van der Waals surface area contributed by atoms with Crippen LogP contribution in [0.1, 0.15) is 21.6 Å². The zero-order chi connectivity index (χ0) is 15.5. The molecule has 0 saturated carbocycles. The van der Waals surface area contributed by atoms with Gasteiger partial charge >= 0.3 is 0 Å². The van der Waals surface area contributed by atoms with Gasteiger partial charge in [0.15, 0.2) is 0 Å². The minimum atomic E-state index is -0.135. The summed E-state index contributed by atoms with van der Waals surface area (Å²) in [5.41, 5.74) is 2.36. The normalized spacial score (nSPS) is 10.6. The van der Waals surface area contributed by atoms with Crippen molar-refractivity contribution in [3.63, 3.8) is 0 Å². The predicted molar refractivity (Wildman–Crippen MR) is 80.5 cm³/mol. The minimum absolute atomic E-state index is 0.135. The van der Waals surface area contributed by atoms with Gasteiger partial charge in [-0.15, -0.1) is 0 Å². The van der Waals surface area contributed by atoms with Gasteiger partial charge in [0.25, 0.3) is 5.91 Å². The van der Waals surface area contributed by atoms with Gasteiger partial charge in [-0.1, -0.05) is 6.07 Å². The molecule has 0 unspecified atom stereocenters. The number of hydrogen-bond donors (Lipinski definition) is 1. The molecule has 0 aliphatic carbocycles. The Bertz CT molecular complexity index is 773. The number of aromatic nitrogens is 5. The number of nitrogens with one attached hydrogen (secondary N) is 1. The first-order valence-electron chi connectivity index (χ1n) is 6.85. The van der Waals surface area contributed by atoms with Crippen molar-refractivity contribution in [3.05, 3.63) is 60.1 Å². The maximum atomic E-state index is 12.1. The summed E-state index contributed by atoms with van der Waals surface area (Å²) in [6.07, 6.45) is 8.53. The van der Waals surface area contributed by atoms with Crippen molar-refractivity contribution in [1.29, 1.82) is 0 Å². The van der Waals surface area contributed by atoms with Crippen LogP contribution in [-0.2, 0) is 13.6 Å². The maximum absolute atomic E-state index is 12.1. The van der Waals surface area contributed by atoms with Crippen molar-refractivity contribution in [1.82, 2.24) is 29.6 Å². The Kier molecular flexibility index (Phi) is 3.69. The van der Waals surface area contributed by atoms with Crippen LogP contribution in [-0.4, -0.2) is 30.2 Å². The van der Waals surface area contributed by atoms with E-state index < -0.39 is 0 Å². The fraction of sp³-hybridized carbons (Fsp3) is 0.200. The molecule has 0 radical (unpaired) electrons. The second-order valence-electron chi connectivity index (χ2n) is 4.94. The highest BCUT2D eigenvalue weighted by Crippen LogP contribution is 2.07. The van der Waals surface area contributed by atoms with E-state index in [0.717, 1.165) is 17.1 Å². The molecular weight excluding hydrogens is 280 g/mol. The van der Waals surface area contributed by atoms with Gasteiger partial charge in [0.1, 0.15) is 12.1 Å². The summed E-state index contributed by atoms with van der Waals surface area (Å²) in [7, 11) is 1.81. The van der Waals surface area contributed by atoms with Crippen LogP contribution in [0, 0.1) is 6.92 Å². The molecule has 0 aromatic carbocycles. The number of hydrogen-bond acceptors (Lipinski definition) is 4. The Morgan fingerprint density at radius 2 is 2.18 bits per heavy atom. The molecule has 3 heterocycles. The zero-order valence-electron chi connectivity index (χ0n) is 12.4. The fourth-order valence-corrected chi connectivity index (χ4v) is 2.07. The highest BCUT2D eigenvalue weighted by atomic mass is 16.1. The lowest BCUT2D eigenvalue weighted by Crippen LogP contribution is -2.23. The van der Waals surface area contributed by atoms with Crippen LogP contribution < -0.4 is 5.32 Å². The van der Waals surface area contributed by atoms with E-state index in [1.54, 1.807) is 29.6 Å². The Balaban J connectivity index is 1.64. The molecular formula is C15H16N6O. The van der Waals surface area contributed by atoms with E-state index in [2.05, 4.69) is 20.4 Å². The summed E-state index contributed by atoms with van der Waals surface area (Å²) in [5.74, 6) is 0.653. The van der Waals surface area contributed by atoms with Crippen molar-refractivity contribution in [3.8, 4) is 5.82 Å². The Morgan fingerprint density at radius 1 is 1.32 bits per heavy atom. The van der Waals surface area contributed by atoms with Crippen molar-refractivity contribution in [2.24, 2.45) is 7.05 Å². The van der Waals surface area contributed by atoms with Gasteiger partial charge in [0.05, 0.1) is 11.8 Å². The molecule has 1 amide bonds. The molecule has 0 atom stereocenters. The first-order valence-corrected chi connectivity index (χ1v) is 6.85. The van der Waals surface area contributed by atoms with Gasteiger partial charge in [-0.2, -0.15) is 5.10 Å². The lowest BCUT2D eigenvalue weighted by molar-refractivity contribution is 0.0950. The highest BCUT2D eigenvalue weighted by molar-refractivity contribution is 5.94. The Morgan fingerprint density at radius 3 is 2.77 bits per heavy atom. The number of aryl methyl sites for hydroxylation is 1. The van der Waals surface area contributed by atoms with Crippen LogP contribution in [0.15, 0.2) is 43.2 Å². The van der Waals surface area contributed by atoms with Crippen molar-refractivity contribution >= 4 is 5.91 Å². The van der Waals surface area contributed by atoms with E-state index in [4.69, 9.17) is 0 Å². The number of nitrogens with zero attached hydrogens (tertiary/aromatic N) is 5. The molecule has 0 aliphatic heterocycles. The van der Waals surface area contributed by atoms with E-state index in [9.17, 15) is 4.79 Å². The molecule has 112 valence electrons. The third-order valence-electron chi connectivity index (χ3n) is 3.51. The number of carbonyl (C=O) groups is 1. The topological polar surface area (TPSA) is 77.6 Å². The number of carbonyl (C=O) groups excluding carboxylic acids is 1. The lowest BCUT2D eigenvalue weighted by atomic mass is 10.2. The van der Waals surface area contributed by atoms with Crippen LogP contribution in [0.3, 0.4) is 0 Å². The molecule has 0 aliphatic rings. The number of rotatable bonds is 4. The first kappa shape index (κ1) is 14.0. The minimum Gasteiger partial charge on any atom is -0.348 e. The molecule has 1 N–H and O–H groups in total. The van der Waals surface area contributed by atoms with Crippen LogP contribution in [0.25, 0.3) is 5.82 Å². The van der Waals surface area contributed by atoms with Crippen molar-refractivity contribution in [2.75, 3.05) is 0 Å². The molecule has 7 heteroatoms. The summed E-state index contributed by atoms with van der Waals surface area (Å²) in [6.45, 7) is 2.29. The van der Waals surface area contributed by atoms with Crippen molar-refractivity contribution in [2.45, 2.75) is 13.5 Å². The number of pyridine rings is 1. The SMILES string of the molecule is Cc1c(C(=O)NCc2ccc(-n3ccnc3)nc2)cnn1C. The predicted octanol–water partition coefficient (Wildman–Crippen LogP) is 1.24. The van der Waals surface area contributed by atoms with Crippen LogP contribution in [0.5, 0.6) is 0 Å². The molecule has 0 fully saturated rings. The van der Waals surface area contributed by atoms with Gasteiger partial charge < -0.3 is 5.32 Å². The first-order chi connectivity index (χ1) is 10.6. The molecule has 0 bridgehead atoms.